The fraction of sp³-hybridized carbons (Fsp3) is 0.250. The summed E-state index contributed by atoms with van der Waals surface area (Å²) in [4.78, 5) is 10.4. The highest BCUT2D eigenvalue weighted by molar-refractivity contribution is 5.50. The molecule has 21 heavy (non-hydrogen) atoms. The van der Waals surface area contributed by atoms with E-state index in [1.165, 1.54) is 12.1 Å². The molecule has 0 unspecified atom stereocenters. The van der Waals surface area contributed by atoms with Crippen molar-refractivity contribution >= 4 is 5.69 Å². The number of benzene rings is 2. The van der Waals surface area contributed by atoms with Gasteiger partial charge in [0.15, 0.2) is 5.82 Å². The number of nitro groups is 1. The molecule has 0 aromatic heterocycles. The zero-order valence-corrected chi connectivity index (χ0v) is 11.9. The lowest BCUT2D eigenvalue weighted by molar-refractivity contribution is -0.386. The normalized spacial score (nSPS) is 10.7. The van der Waals surface area contributed by atoms with E-state index >= 15 is 0 Å². The topological polar surface area (TPSA) is 52.4 Å². The van der Waals surface area contributed by atoms with Crippen molar-refractivity contribution in [2.45, 2.75) is 26.4 Å². The highest BCUT2D eigenvalue weighted by Gasteiger charge is 2.24. The Morgan fingerprint density at radius 3 is 2.43 bits per heavy atom. The van der Waals surface area contributed by atoms with Crippen LogP contribution in [0.5, 0.6) is 5.75 Å². The zero-order chi connectivity index (χ0) is 15.4. The van der Waals surface area contributed by atoms with Crippen LogP contribution >= 0.6 is 0 Å². The van der Waals surface area contributed by atoms with E-state index in [9.17, 15) is 14.5 Å². The molecule has 2 rings (SSSR count). The summed E-state index contributed by atoms with van der Waals surface area (Å²) in [6.45, 7) is 3.73. The first-order chi connectivity index (χ1) is 10.0. The molecule has 0 aliphatic heterocycles. The van der Waals surface area contributed by atoms with Gasteiger partial charge < -0.3 is 4.74 Å². The number of halogens is 1. The molecule has 0 N–H and O–H groups in total. The van der Waals surface area contributed by atoms with Crippen LogP contribution in [0.25, 0.3) is 0 Å². The van der Waals surface area contributed by atoms with Gasteiger partial charge in [0.05, 0.1) is 4.92 Å². The van der Waals surface area contributed by atoms with Gasteiger partial charge in [-0.05, 0) is 23.1 Å². The van der Waals surface area contributed by atoms with Crippen molar-refractivity contribution in [1.82, 2.24) is 0 Å². The number of nitro benzene ring substituents is 1. The molecule has 0 radical (unpaired) electrons. The molecule has 0 atom stereocenters. The quantitative estimate of drug-likeness (QED) is 0.604. The van der Waals surface area contributed by atoms with Gasteiger partial charge in [0.1, 0.15) is 6.61 Å². The monoisotopic (exact) mass is 289 g/mol. The lowest BCUT2D eigenvalue weighted by Gasteiger charge is -2.12. The minimum Gasteiger partial charge on any atom is -0.480 e. The van der Waals surface area contributed by atoms with Gasteiger partial charge in [0.25, 0.3) is 0 Å². The van der Waals surface area contributed by atoms with Gasteiger partial charge in [0, 0.05) is 6.07 Å². The largest absolute Gasteiger partial charge is 0.480 e. The standard InChI is InChI=1S/C16H16FNO3/c1-11(2)13-8-9-14(18(19)20)16(15(13)17)21-10-12-6-4-3-5-7-12/h3-9,11H,10H2,1-2H3. The van der Waals surface area contributed by atoms with Gasteiger partial charge in [-0.2, -0.15) is 0 Å². The summed E-state index contributed by atoms with van der Waals surface area (Å²) >= 11 is 0. The minimum atomic E-state index is -0.657. The summed E-state index contributed by atoms with van der Waals surface area (Å²) < 4.78 is 19.8. The second-order valence-electron chi connectivity index (χ2n) is 5.00. The van der Waals surface area contributed by atoms with E-state index in [0.717, 1.165) is 5.56 Å². The molecule has 0 bridgehead atoms. The van der Waals surface area contributed by atoms with Crippen LogP contribution in [0.1, 0.15) is 30.9 Å². The predicted molar refractivity (Wildman–Crippen MR) is 77.9 cm³/mol. The average molecular weight is 289 g/mol. The second kappa shape index (κ2) is 6.35. The number of ether oxygens (including phenoxy) is 1. The molecule has 2 aromatic carbocycles. The Labute approximate surface area is 122 Å². The Hall–Kier alpha value is -2.43. The SMILES string of the molecule is CC(C)c1ccc([N+](=O)[O-])c(OCc2ccccc2)c1F. The predicted octanol–water partition coefficient (Wildman–Crippen LogP) is 4.44. The van der Waals surface area contributed by atoms with Crippen molar-refractivity contribution in [3.63, 3.8) is 0 Å². The van der Waals surface area contributed by atoms with Gasteiger partial charge in [-0.15, -0.1) is 0 Å². The van der Waals surface area contributed by atoms with Crippen LogP contribution < -0.4 is 4.74 Å². The molecule has 0 spiro atoms. The molecule has 5 heteroatoms. The molecule has 110 valence electrons. The van der Waals surface area contributed by atoms with Crippen LogP contribution in [0.15, 0.2) is 42.5 Å². The maximum atomic E-state index is 14.4. The Morgan fingerprint density at radius 2 is 1.86 bits per heavy atom. The lowest BCUT2D eigenvalue weighted by atomic mass is 10.0. The third-order valence-electron chi connectivity index (χ3n) is 3.15. The molecule has 0 saturated carbocycles. The Morgan fingerprint density at radius 1 is 1.19 bits per heavy atom. The number of hydrogen-bond donors (Lipinski definition) is 0. The van der Waals surface area contributed by atoms with Gasteiger partial charge in [-0.1, -0.05) is 44.2 Å². The van der Waals surface area contributed by atoms with Crippen LogP contribution in [0.2, 0.25) is 0 Å². The second-order valence-corrected chi connectivity index (χ2v) is 5.00. The van der Waals surface area contributed by atoms with Crippen LogP contribution in [0.3, 0.4) is 0 Å². The van der Waals surface area contributed by atoms with Crippen LogP contribution in [-0.4, -0.2) is 4.92 Å². The van der Waals surface area contributed by atoms with E-state index in [1.54, 1.807) is 0 Å². The van der Waals surface area contributed by atoms with E-state index < -0.39 is 10.7 Å². The summed E-state index contributed by atoms with van der Waals surface area (Å²) in [7, 11) is 0. The van der Waals surface area contributed by atoms with E-state index in [4.69, 9.17) is 4.74 Å². The van der Waals surface area contributed by atoms with Gasteiger partial charge in [-0.25, -0.2) is 4.39 Å². The molecule has 0 aliphatic carbocycles. The van der Waals surface area contributed by atoms with E-state index in [0.29, 0.717) is 5.56 Å². The molecule has 0 heterocycles. The van der Waals surface area contributed by atoms with Gasteiger partial charge in [0.2, 0.25) is 5.75 Å². The molecule has 0 aliphatic rings. The zero-order valence-electron chi connectivity index (χ0n) is 11.9. The summed E-state index contributed by atoms with van der Waals surface area (Å²) in [6, 6.07) is 11.9. The molecule has 4 nitrogen and oxygen atoms in total. The van der Waals surface area contributed by atoms with Crippen LogP contribution in [0, 0.1) is 15.9 Å². The van der Waals surface area contributed by atoms with Gasteiger partial charge in [-0.3, -0.25) is 10.1 Å². The number of nitrogens with zero attached hydrogens (tertiary/aromatic N) is 1. The molecule has 2 aromatic rings. The fourth-order valence-corrected chi connectivity index (χ4v) is 2.02. The van der Waals surface area contributed by atoms with Crippen molar-refractivity contribution in [2.75, 3.05) is 0 Å². The third kappa shape index (κ3) is 3.37. The molecule has 0 saturated heterocycles. The van der Waals surface area contributed by atoms with Crippen LogP contribution in [-0.2, 0) is 6.61 Å². The first-order valence-corrected chi connectivity index (χ1v) is 6.64. The number of rotatable bonds is 5. The van der Waals surface area contributed by atoms with Gasteiger partial charge >= 0.3 is 5.69 Å². The van der Waals surface area contributed by atoms with E-state index in [1.807, 2.05) is 44.2 Å². The third-order valence-corrected chi connectivity index (χ3v) is 3.15. The van der Waals surface area contributed by atoms with E-state index in [-0.39, 0.29) is 24.0 Å². The maximum Gasteiger partial charge on any atom is 0.314 e. The Kier molecular flexibility index (Phi) is 4.52. The van der Waals surface area contributed by atoms with Crippen molar-refractivity contribution in [3.8, 4) is 5.75 Å². The number of hydrogen-bond acceptors (Lipinski definition) is 3. The highest BCUT2D eigenvalue weighted by Crippen LogP contribution is 2.35. The minimum absolute atomic E-state index is 0.0788. The molecular formula is C16H16FNO3. The summed E-state index contributed by atoms with van der Waals surface area (Å²) in [6.07, 6.45) is 0. The summed E-state index contributed by atoms with van der Waals surface area (Å²) in [5.41, 5.74) is 0.873. The lowest BCUT2D eigenvalue weighted by Crippen LogP contribution is -2.04. The van der Waals surface area contributed by atoms with E-state index in [2.05, 4.69) is 0 Å². The Bertz CT molecular complexity index is 641. The smallest absolute Gasteiger partial charge is 0.314 e. The first-order valence-electron chi connectivity index (χ1n) is 6.64. The fourth-order valence-electron chi connectivity index (χ4n) is 2.02. The Balaban J connectivity index is 2.35. The first kappa shape index (κ1) is 15.0. The highest BCUT2D eigenvalue weighted by atomic mass is 19.1. The van der Waals surface area contributed by atoms with Crippen molar-refractivity contribution in [3.05, 3.63) is 69.5 Å². The molecule has 0 fully saturated rings. The van der Waals surface area contributed by atoms with Crippen LogP contribution in [0.4, 0.5) is 10.1 Å². The maximum absolute atomic E-state index is 14.4. The average Bonchev–Trinajstić information content (AvgIpc) is 2.46. The van der Waals surface area contributed by atoms with Crippen molar-refractivity contribution in [2.24, 2.45) is 0 Å². The molecular weight excluding hydrogens is 273 g/mol. The summed E-state index contributed by atoms with van der Waals surface area (Å²) in [5, 5.41) is 11.0. The molecule has 0 amide bonds. The van der Waals surface area contributed by atoms with Crippen molar-refractivity contribution in [1.29, 1.82) is 0 Å². The summed E-state index contributed by atoms with van der Waals surface area (Å²) in [5.74, 6) is -1.03. The van der Waals surface area contributed by atoms with Crippen molar-refractivity contribution < 1.29 is 14.1 Å².